The number of hydrogen-bond donors (Lipinski definition) is 1. The number of nitrogens with one attached hydrogen (secondary N) is 1. The minimum absolute atomic E-state index is 0.152. The van der Waals surface area contributed by atoms with E-state index in [0.717, 1.165) is 5.39 Å². The lowest BCUT2D eigenvalue weighted by atomic mass is 10.0. The summed E-state index contributed by atoms with van der Waals surface area (Å²) >= 11 is 0. The summed E-state index contributed by atoms with van der Waals surface area (Å²) in [4.78, 5) is 17.5. The van der Waals surface area contributed by atoms with Crippen LogP contribution in [0.2, 0.25) is 0 Å². The minimum Gasteiger partial charge on any atom is -0.369 e. The molecule has 8 nitrogen and oxygen atoms in total. The first-order valence-corrected chi connectivity index (χ1v) is 11.1. The van der Waals surface area contributed by atoms with Crippen LogP contribution in [0.4, 0.5) is 0 Å². The van der Waals surface area contributed by atoms with E-state index in [-0.39, 0.29) is 25.6 Å². The molecule has 0 unspecified atom stereocenters. The summed E-state index contributed by atoms with van der Waals surface area (Å²) in [6.07, 6.45) is -0.542. The van der Waals surface area contributed by atoms with Crippen LogP contribution in [0, 0.1) is 5.92 Å². The van der Waals surface area contributed by atoms with Crippen molar-refractivity contribution in [2.24, 2.45) is 5.92 Å². The molecule has 0 spiro atoms. The SMILES string of the molecule is CC(C)CNC(=O)c1cc([C@H]2CN(S(=O)(=O)N(C)C)CCO2)nc2ccccc12. The number of benzene rings is 1. The first-order valence-electron chi connectivity index (χ1n) is 9.67. The molecule has 1 amide bonds. The fourth-order valence-electron chi connectivity index (χ4n) is 3.19. The zero-order chi connectivity index (χ0) is 21.2. The number of carbonyl (C=O) groups is 1. The molecule has 2 heterocycles. The highest BCUT2D eigenvalue weighted by Crippen LogP contribution is 2.27. The Bertz CT molecular complexity index is 991. The molecule has 2 aromatic rings. The molecule has 1 aliphatic rings. The molecule has 1 atom stereocenters. The number of ether oxygens (including phenoxy) is 1. The van der Waals surface area contributed by atoms with Crippen LogP contribution in [-0.2, 0) is 14.9 Å². The van der Waals surface area contributed by atoms with Crippen molar-refractivity contribution in [1.82, 2.24) is 18.9 Å². The Kier molecular flexibility index (Phi) is 6.52. The van der Waals surface area contributed by atoms with Gasteiger partial charge in [-0.1, -0.05) is 32.0 Å². The van der Waals surface area contributed by atoms with Crippen LogP contribution in [0.3, 0.4) is 0 Å². The molecule has 1 saturated heterocycles. The van der Waals surface area contributed by atoms with Crippen molar-refractivity contribution in [1.29, 1.82) is 0 Å². The predicted octanol–water partition coefficient (Wildman–Crippen LogP) is 1.80. The fraction of sp³-hybridized carbons (Fsp3) is 0.500. The van der Waals surface area contributed by atoms with Gasteiger partial charge >= 0.3 is 0 Å². The molecule has 9 heteroatoms. The van der Waals surface area contributed by atoms with Crippen molar-refractivity contribution in [3.05, 3.63) is 41.6 Å². The fourth-order valence-corrected chi connectivity index (χ4v) is 4.28. The Balaban J connectivity index is 1.96. The topological polar surface area (TPSA) is 91.8 Å². The highest BCUT2D eigenvalue weighted by Gasteiger charge is 2.32. The van der Waals surface area contributed by atoms with Crippen LogP contribution in [0.1, 0.15) is 36.0 Å². The van der Waals surface area contributed by atoms with Crippen molar-refractivity contribution in [2.75, 3.05) is 40.3 Å². The molecule has 29 heavy (non-hydrogen) atoms. The van der Waals surface area contributed by atoms with Crippen molar-refractivity contribution in [2.45, 2.75) is 20.0 Å². The Morgan fingerprint density at radius 2 is 2.07 bits per heavy atom. The monoisotopic (exact) mass is 420 g/mol. The number of morpholine rings is 1. The van der Waals surface area contributed by atoms with Gasteiger partial charge in [0.25, 0.3) is 16.1 Å². The van der Waals surface area contributed by atoms with Gasteiger partial charge in [0.15, 0.2) is 0 Å². The van der Waals surface area contributed by atoms with Crippen LogP contribution in [0.5, 0.6) is 0 Å². The predicted molar refractivity (Wildman–Crippen MR) is 112 cm³/mol. The molecule has 3 rings (SSSR count). The van der Waals surface area contributed by atoms with E-state index in [1.165, 1.54) is 22.7 Å². The zero-order valence-corrected chi connectivity index (χ0v) is 18.1. The summed E-state index contributed by atoms with van der Waals surface area (Å²) in [6.45, 7) is 5.34. The number of aromatic nitrogens is 1. The average molecular weight is 421 g/mol. The van der Waals surface area contributed by atoms with Gasteiger partial charge in [-0.2, -0.15) is 17.0 Å². The van der Waals surface area contributed by atoms with E-state index < -0.39 is 16.3 Å². The molecule has 1 aromatic heterocycles. The molecule has 0 aliphatic carbocycles. The van der Waals surface area contributed by atoms with Gasteiger partial charge in [-0.25, -0.2) is 4.98 Å². The highest BCUT2D eigenvalue weighted by atomic mass is 32.2. The molecular formula is C20H28N4O4S. The number of pyridine rings is 1. The third-order valence-electron chi connectivity index (χ3n) is 4.80. The summed E-state index contributed by atoms with van der Waals surface area (Å²) < 4.78 is 33.4. The summed E-state index contributed by atoms with van der Waals surface area (Å²) in [6, 6.07) is 9.15. The second-order valence-corrected chi connectivity index (χ2v) is 9.87. The number of nitrogens with zero attached hydrogens (tertiary/aromatic N) is 3. The van der Waals surface area contributed by atoms with Gasteiger partial charge in [0.05, 0.1) is 23.4 Å². The Hall–Kier alpha value is -2.07. The van der Waals surface area contributed by atoms with E-state index in [0.29, 0.717) is 29.2 Å². The summed E-state index contributed by atoms with van der Waals surface area (Å²) in [5.74, 6) is 0.158. The van der Waals surface area contributed by atoms with Crippen molar-refractivity contribution >= 4 is 27.0 Å². The van der Waals surface area contributed by atoms with Gasteiger partial charge in [0, 0.05) is 39.1 Å². The number of rotatable bonds is 6. The standard InChI is InChI=1S/C20H28N4O4S/c1-14(2)12-21-20(25)16-11-18(22-17-8-6-5-7-15(16)17)19-13-24(9-10-28-19)29(26,27)23(3)4/h5-8,11,14,19H,9-10,12-13H2,1-4H3,(H,21,25)/t19-/m1/s1. The van der Waals surface area contributed by atoms with Crippen LogP contribution in [-0.4, -0.2) is 68.3 Å². The van der Waals surface area contributed by atoms with Crippen LogP contribution in [0.25, 0.3) is 10.9 Å². The van der Waals surface area contributed by atoms with E-state index in [1.807, 2.05) is 38.1 Å². The quantitative estimate of drug-likeness (QED) is 0.769. The Labute approximate surface area is 172 Å². The second kappa shape index (κ2) is 8.74. The zero-order valence-electron chi connectivity index (χ0n) is 17.3. The van der Waals surface area contributed by atoms with Crippen molar-refractivity contribution < 1.29 is 17.9 Å². The van der Waals surface area contributed by atoms with Gasteiger partial charge in [0.1, 0.15) is 6.10 Å². The molecular weight excluding hydrogens is 392 g/mol. The number of carbonyl (C=O) groups excluding carboxylic acids is 1. The summed E-state index contributed by atoms with van der Waals surface area (Å²) in [5.41, 5.74) is 1.75. The van der Waals surface area contributed by atoms with Gasteiger partial charge in [-0.3, -0.25) is 4.79 Å². The molecule has 0 bridgehead atoms. The molecule has 1 aromatic carbocycles. The molecule has 1 aliphatic heterocycles. The van der Waals surface area contributed by atoms with Gasteiger partial charge in [-0.05, 0) is 18.1 Å². The van der Waals surface area contributed by atoms with Crippen molar-refractivity contribution in [3.8, 4) is 0 Å². The van der Waals surface area contributed by atoms with Crippen LogP contribution >= 0.6 is 0 Å². The number of fused-ring (bicyclic) bond motifs is 1. The molecule has 0 radical (unpaired) electrons. The maximum atomic E-state index is 12.8. The Morgan fingerprint density at radius 1 is 1.34 bits per heavy atom. The largest absolute Gasteiger partial charge is 0.369 e. The summed E-state index contributed by atoms with van der Waals surface area (Å²) in [5, 5.41) is 3.70. The van der Waals surface area contributed by atoms with E-state index >= 15 is 0 Å². The van der Waals surface area contributed by atoms with Crippen molar-refractivity contribution in [3.63, 3.8) is 0 Å². The van der Waals surface area contributed by atoms with E-state index in [4.69, 9.17) is 4.74 Å². The van der Waals surface area contributed by atoms with Crippen LogP contribution < -0.4 is 5.32 Å². The lowest BCUT2D eigenvalue weighted by Crippen LogP contribution is -2.47. The Morgan fingerprint density at radius 3 is 2.76 bits per heavy atom. The van der Waals surface area contributed by atoms with E-state index in [2.05, 4.69) is 10.3 Å². The third kappa shape index (κ3) is 4.75. The molecule has 0 saturated carbocycles. The number of amides is 1. The summed E-state index contributed by atoms with van der Waals surface area (Å²) in [7, 11) is -0.538. The first-order chi connectivity index (χ1) is 13.7. The molecule has 158 valence electrons. The van der Waals surface area contributed by atoms with E-state index in [9.17, 15) is 13.2 Å². The van der Waals surface area contributed by atoms with E-state index in [1.54, 1.807) is 6.07 Å². The lowest BCUT2D eigenvalue weighted by molar-refractivity contribution is -0.00608. The average Bonchev–Trinajstić information content (AvgIpc) is 2.71. The van der Waals surface area contributed by atoms with Gasteiger partial charge in [0.2, 0.25) is 0 Å². The highest BCUT2D eigenvalue weighted by molar-refractivity contribution is 7.86. The lowest BCUT2D eigenvalue weighted by Gasteiger charge is -2.33. The minimum atomic E-state index is -3.55. The molecule has 1 N–H and O–H groups in total. The first kappa shape index (κ1) is 21.6. The smallest absolute Gasteiger partial charge is 0.281 e. The third-order valence-corrected chi connectivity index (χ3v) is 6.71. The van der Waals surface area contributed by atoms with Crippen LogP contribution in [0.15, 0.2) is 30.3 Å². The van der Waals surface area contributed by atoms with Gasteiger partial charge in [-0.15, -0.1) is 0 Å². The second-order valence-electron chi connectivity index (χ2n) is 7.72. The number of hydrogen-bond acceptors (Lipinski definition) is 5. The maximum Gasteiger partial charge on any atom is 0.281 e. The normalized spacial score (nSPS) is 18.5. The maximum absolute atomic E-state index is 12.8. The number of para-hydroxylation sites is 1. The molecule has 1 fully saturated rings. The van der Waals surface area contributed by atoms with Gasteiger partial charge < -0.3 is 10.1 Å².